The first kappa shape index (κ1) is 23.2. The second-order valence-electron chi connectivity index (χ2n) is 14.7. The Morgan fingerprint density at radius 2 is 1.84 bits per heavy atom. The molecule has 8 nitrogen and oxygen atoms in total. The molecule has 8 fully saturated rings. The average Bonchev–Trinajstić information content (AvgIpc) is 3.72. The minimum Gasteiger partial charge on any atom is -0.431 e. The predicted octanol–water partition coefficient (Wildman–Crippen LogP) is 1.78. The maximum atomic E-state index is 14.3. The van der Waals surface area contributed by atoms with Gasteiger partial charge in [0.15, 0.2) is 5.78 Å². The Labute approximate surface area is 220 Å². The van der Waals surface area contributed by atoms with Crippen molar-refractivity contribution in [1.29, 1.82) is 0 Å². The van der Waals surface area contributed by atoms with Crippen LogP contribution in [0.25, 0.3) is 0 Å². The van der Waals surface area contributed by atoms with Gasteiger partial charge < -0.3 is 29.2 Å². The third-order valence-corrected chi connectivity index (χ3v) is 13.9. The standard InChI is InChI=1S/C30H36O8/c1-12-8-15-19-22(37-12)17-9-16-20(32)25-30(38-25)23(26(16,2)11-28(15,17)19)21(33)24(34)27(3)14(6-7-29(27,30)35)13-4-5-18(31)36-10-13/h4-5,10,12,14-17,19-23,25,32-33,35H,6-9,11H2,1-3H3/t12-,14+,15-,16+,17-,19+,20-,21?,22-,23+,25-,26-,27-,28?,29+,30+/m0/s1. The molecule has 6 aliphatic carbocycles. The molecule has 9 rings (SSSR count). The van der Waals surface area contributed by atoms with E-state index in [4.69, 9.17) is 13.9 Å². The Hall–Kier alpha value is -1.58. The topological polar surface area (TPSA) is 130 Å². The summed E-state index contributed by atoms with van der Waals surface area (Å²) in [6.45, 7) is 6.05. The fraction of sp³-hybridized carbons (Fsp3) is 0.800. The van der Waals surface area contributed by atoms with Crippen LogP contribution in [-0.2, 0) is 14.3 Å². The molecule has 2 aliphatic heterocycles. The number of Topliss-reactive ketones (excluding diaryl/α,β-unsaturated/α-hetero) is 1. The average molecular weight is 525 g/mol. The van der Waals surface area contributed by atoms with E-state index < -0.39 is 57.8 Å². The highest BCUT2D eigenvalue weighted by Crippen LogP contribution is 2.88. The number of hydrogen-bond acceptors (Lipinski definition) is 8. The number of aliphatic hydroxyl groups is 3. The Balaban J connectivity index is 1.17. The summed E-state index contributed by atoms with van der Waals surface area (Å²) in [5.74, 6) is 0.0666. The number of fused-ring (bicyclic) bond motifs is 4. The number of ether oxygens (including phenoxy) is 2. The van der Waals surface area contributed by atoms with Gasteiger partial charge in [0.25, 0.3) is 0 Å². The molecule has 8 heteroatoms. The molecule has 1 aromatic heterocycles. The zero-order chi connectivity index (χ0) is 26.4. The summed E-state index contributed by atoms with van der Waals surface area (Å²) in [6, 6.07) is 2.98. The smallest absolute Gasteiger partial charge is 0.335 e. The van der Waals surface area contributed by atoms with E-state index in [0.717, 1.165) is 19.3 Å². The van der Waals surface area contributed by atoms with Gasteiger partial charge in [-0.25, -0.2) is 4.79 Å². The van der Waals surface area contributed by atoms with E-state index in [9.17, 15) is 24.9 Å². The van der Waals surface area contributed by atoms with Crippen molar-refractivity contribution in [1.82, 2.24) is 0 Å². The first-order valence-electron chi connectivity index (χ1n) is 14.5. The van der Waals surface area contributed by atoms with E-state index in [1.54, 1.807) is 13.0 Å². The van der Waals surface area contributed by atoms with Crippen molar-refractivity contribution in [2.24, 2.45) is 45.8 Å². The highest BCUT2D eigenvalue weighted by atomic mass is 16.6. The van der Waals surface area contributed by atoms with Crippen LogP contribution in [0, 0.1) is 45.8 Å². The van der Waals surface area contributed by atoms with Crippen molar-refractivity contribution in [3.63, 3.8) is 0 Å². The maximum Gasteiger partial charge on any atom is 0.335 e. The van der Waals surface area contributed by atoms with Crippen LogP contribution < -0.4 is 5.63 Å². The SMILES string of the molecule is C[C@H]1C[C@H]2[C@@H]3[C@@H](O1)[C@@H]1C[C@@H]4[C@H](O)[C@@H]5O[C@]56[C@H](C(O)C(=O)[C@]5(C)[C@@H](c7ccc(=O)oc7)CC[C@]65O)[C@@]4(C)CC312. The molecular formula is C30H36O8. The molecule has 0 radical (unpaired) electrons. The molecular weight excluding hydrogens is 488 g/mol. The van der Waals surface area contributed by atoms with Gasteiger partial charge >= 0.3 is 5.63 Å². The first-order chi connectivity index (χ1) is 18.0. The summed E-state index contributed by atoms with van der Waals surface area (Å²) in [4.78, 5) is 26.0. The van der Waals surface area contributed by atoms with Crippen molar-refractivity contribution in [2.45, 2.75) is 101 Å². The van der Waals surface area contributed by atoms with Crippen LogP contribution in [0.3, 0.4) is 0 Å². The number of carbonyl (C=O) groups is 1. The third kappa shape index (κ3) is 2.04. The van der Waals surface area contributed by atoms with E-state index in [-0.39, 0.29) is 29.3 Å². The quantitative estimate of drug-likeness (QED) is 0.474. The normalized spacial score (nSPS) is 64.3. The van der Waals surface area contributed by atoms with Crippen molar-refractivity contribution >= 4 is 5.78 Å². The molecule has 204 valence electrons. The molecule has 3 N–H and O–H groups in total. The van der Waals surface area contributed by atoms with Crippen LogP contribution in [0.5, 0.6) is 0 Å². The van der Waals surface area contributed by atoms with Crippen LogP contribution in [0.1, 0.15) is 64.4 Å². The molecule has 0 aromatic carbocycles. The van der Waals surface area contributed by atoms with Crippen LogP contribution in [0.2, 0.25) is 0 Å². The van der Waals surface area contributed by atoms with Crippen molar-refractivity contribution < 1.29 is 34.0 Å². The molecule has 1 aromatic rings. The zero-order valence-corrected chi connectivity index (χ0v) is 22.0. The highest BCUT2D eigenvalue weighted by molar-refractivity contribution is 5.94. The number of ketones is 1. The van der Waals surface area contributed by atoms with Crippen molar-refractivity contribution in [3.05, 3.63) is 34.4 Å². The largest absolute Gasteiger partial charge is 0.431 e. The minimum absolute atomic E-state index is 0.124. The van der Waals surface area contributed by atoms with Crippen LogP contribution >= 0.6 is 0 Å². The lowest BCUT2D eigenvalue weighted by Gasteiger charge is -2.66. The van der Waals surface area contributed by atoms with Gasteiger partial charge in [-0.3, -0.25) is 4.79 Å². The second kappa shape index (κ2) is 6.33. The number of rotatable bonds is 1. The molecule has 8 aliphatic rings. The first-order valence-corrected chi connectivity index (χ1v) is 14.5. The fourth-order valence-electron chi connectivity index (χ4n) is 12.6. The summed E-state index contributed by atoms with van der Waals surface area (Å²) < 4.78 is 18.0. The van der Waals surface area contributed by atoms with E-state index >= 15 is 0 Å². The maximum absolute atomic E-state index is 14.3. The Morgan fingerprint density at radius 3 is 2.58 bits per heavy atom. The van der Waals surface area contributed by atoms with Gasteiger partial charge in [-0.1, -0.05) is 6.92 Å². The van der Waals surface area contributed by atoms with Gasteiger partial charge in [-0.2, -0.15) is 0 Å². The Bertz CT molecular complexity index is 1340. The summed E-state index contributed by atoms with van der Waals surface area (Å²) in [6.07, 6.45) is 2.70. The molecule has 38 heavy (non-hydrogen) atoms. The summed E-state index contributed by atoms with van der Waals surface area (Å²) in [5, 5.41) is 36.5. The van der Waals surface area contributed by atoms with Crippen LogP contribution in [-0.4, -0.2) is 62.8 Å². The van der Waals surface area contributed by atoms with Gasteiger partial charge in [0.05, 0.1) is 30.0 Å². The lowest BCUT2D eigenvalue weighted by atomic mass is 9.38. The molecule has 2 saturated heterocycles. The summed E-state index contributed by atoms with van der Waals surface area (Å²) >= 11 is 0. The number of carbonyl (C=O) groups excluding carboxylic acids is 1. The van der Waals surface area contributed by atoms with E-state index in [1.807, 2.05) is 0 Å². The van der Waals surface area contributed by atoms with Gasteiger partial charge in [-0.15, -0.1) is 0 Å². The van der Waals surface area contributed by atoms with E-state index in [2.05, 4.69) is 13.8 Å². The Kier molecular flexibility index (Phi) is 3.86. The number of epoxide rings is 1. The van der Waals surface area contributed by atoms with Crippen molar-refractivity contribution in [2.75, 3.05) is 0 Å². The minimum atomic E-state index is -1.55. The highest BCUT2D eigenvalue weighted by Gasteiger charge is 2.93. The monoisotopic (exact) mass is 524 g/mol. The van der Waals surface area contributed by atoms with Crippen LogP contribution in [0.4, 0.5) is 0 Å². The predicted molar refractivity (Wildman–Crippen MR) is 131 cm³/mol. The molecule has 16 atom stereocenters. The fourth-order valence-corrected chi connectivity index (χ4v) is 12.6. The lowest BCUT2D eigenvalue weighted by Crippen LogP contribution is -2.77. The molecule has 6 saturated carbocycles. The van der Waals surface area contributed by atoms with Crippen molar-refractivity contribution in [3.8, 4) is 0 Å². The third-order valence-electron chi connectivity index (χ3n) is 13.9. The van der Waals surface area contributed by atoms with Gasteiger partial charge in [0, 0.05) is 17.9 Å². The Morgan fingerprint density at radius 1 is 1.05 bits per heavy atom. The summed E-state index contributed by atoms with van der Waals surface area (Å²) in [7, 11) is 0. The van der Waals surface area contributed by atoms with E-state index in [1.165, 1.54) is 12.3 Å². The molecule has 3 heterocycles. The molecule has 0 bridgehead atoms. The zero-order valence-electron chi connectivity index (χ0n) is 22.0. The second-order valence-corrected chi connectivity index (χ2v) is 14.7. The number of aliphatic hydroxyl groups excluding tert-OH is 2. The molecule has 0 amide bonds. The lowest BCUT2D eigenvalue weighted by molar-refractivity contribution is -0.250. The van der Waals surface area contributed by atoms with Gasteiger partial charge in [0.1, 0.15) is 23.4 Å². The summed E-state index contributed by atoms with van der Waals surface area (Å²) in [5.41, 5.74) is -4.27. The van der Waals surface area contributed by atoms with Crippen LogP contribution in [0.15, 0.2) is 27.6 Å². The van der Waals surface area contributed by atoms with Gasteiger partial charge in [-0.05, 0) is 92.1 Å². The van der Waals surface area contributed by atoms with E-state index in [0.29, 0.717) is 36.2 Å². The number of hydrogen-bond donors (Lipinski definition) is 3. The molecule has 2 spiro atoms. The molecule has 2 unspecified atom stereocenters. The van der Waals surface area contributed by atoms with Gasteiger partial charge in [0.2, 0.25) is 0 Å².